The lowest BCUT2D eigenvalue weighted by molar-refractivity contribution is 0.282. The van der Waals surface area contributed by atoms with E-state index in [2.05, 4.69) is 27.8 Å². The van der Waals surface area contributed by atoms with E-state index in [1.165, 1.54) is 4.31 Å². The number of pyridine rings is 1. The third kappa shape index (κ3) is 4.74. The van der Waals surface area contributed by atoms with E-state index in [0.29, 0.717) is 31.4 Å². The van der Waals surface area contributed by atoms with Gasteiger partial charge in [-0.05, 0) is 36.5 Å². The molecule has 1 aliphatic heterocycles. The molecular formula is C23H24N6O2S2. The minimum Gasteiger partial charge on any atom is -0.369 e. The number of hydrogen-bond acceptors (Lipinski definition) is 7. The summed E-state index contributed by atoms with van der Waals surface area (Å²) >= 11 is 1.59. The van der Waals surface area contributed by atoms with Gasteiger partial charge < -0.3 is 5.32 Å². The molecule has 0 atom stereocenters. The van der Waals surface area contributed by atoms with Crippen LogP contribution in [0.5, 0.6) is 0 Å². The van der Waals surface area contributed by atoms with Gasteiger partial charge in [0.2, 0.25) is 0 Å². The summed E-state index contributed by atoms with van der Waals surface area (Å²) in [7, 11) is -3.62. The first-order valence-corrected chi connectivity index (χ1v) is 13.1. The highest BCUT2D eigenvalue weighted by Gasteiger charge is 2.26. The van der Waals surface area contributed by atoms with Gasteiger partial charge in [0.15, 0.2) is 5.82 Å². The molecule has 4 aromatic rings. The minimum absolute atomic E-state index is 0.324. The number of piperidine rings is 1. The fraction of sp³-hybridized carbons (Fsp3) is 0.261. The molecule has 0 unspecified atom stereocenters. The number of rotatable bonds is 6. The monoisotopic (exact) mass is 480 g/mol. The predicted octanol–water partition coefficient (Wildman–Crippen LogP) is 3.75. The van der Waals surface area contributed by atoms with Gasteiger partial charge in [-0.1, -0.05) is 36.4 Å². The Kier molecular flexibility index (Phi) is 6.07. The fourth-order valence-electron chi connectivity index (χ4n) is 4.12. The van der Waals surface area contributed by atoms with E-state index >= 15 is 0 Å². The maximum atomic E-state index is 11.6. The molecule has 0 radical (unpaired) electrons. The van der Waals surface area contributed by atoms with Gasteiger partial charge in [-0.15, -0.1) is 11.3 Å². The normalized spacial score (nSPS) is 15.7. The lowest BCUT2D eigenvalue weighted by Gasteiger charge is -2.30. The molecule has 0 amide bonds. The van der Waals surface area contributed by atoms with E-state index in [-0.39, 0.29) is 0 Å². The number of nitrogens with zero attached hydrogens (tertiary/aromatic N) is 4. The molecular weight excluding hydrogens is 456 g/mol. The first-order valence-electron chi connectivity index (χ1n) is 10.8. The summed E-state index contributed by atoms with van der Waals surface area (Å²) in [6.45, 7) is 1.57. The summed E-state index contributed by atoms with van der Waals surface area (Å²) in [5, 5.41) is 11.9. The van der Waals surface area contributed by atoms with E-state index < -0.39 is 10.2 Å². The van der Waals surface area contributed by atoms with E-state index in [9.17, 15) is 8.42 Å². The summed E-state index contributed by atoms with van der Waals surface area (Å²) in [5.74, 6) is 1.68. The highest BCUT2D eigenvalue weighted by Crippen LogP contribution is 2.38. The van der Waals surface area contributed by atoms with Crippen LogP contribution in [-0.2, 0) is 10.2 Å². The van der Waals surface area contributed by atoms with Crippen molar-refractivity contribution in [1.29, 1.82) is 0 Å². The molecule has 5 rings (SSSR count). The van der Waals surface area contributed by atoms with Gasteiger partial charge in [-0.2, -0.15) is 12.7 Å². The smallest absolute Gasteiger partial charge is 0.276 e. The third-order valence-corrected chi connectivity index (χ3v) is 7.86. The Hall–Kier alpha value is -2.92. The molecule has 1 saturated heterocycles. The maximum absolute atomic E-state index is 11.6. The van der Waals surface area contributed by atoms with E-state index in [1.807, 2.05) is 36.4 Å². The molecule has 4 heterocycles. The standard InChI is InChI=1S/C23H24N6O2S2/c24-33(30,31)29-12-9-16(10-13-29)14-26-22-20-18(17-6-2-1-3-7-17)15-32-23(20)28-21(27-22)19-8-4-5-11-25-19/h1-8,11,15-16H,9-10,12-14H2,(H2,24,30,31)(H,26,27,28). The average molecular weight is 481 g/mol. The van der Waals surface area contributed by atoms with Gasteiger partial charge in [0.1, 0.15) is 16.3 Å². The van der Waals surface area contributed by atoms with Crippen molar-refractivity contribution >= 4 is 37.6 Å². The largest absolute Gasteiger partial charge is 0.369 e. The number of nitrogens with one attached hydrogen (secondary N) is 1. The van der Waals surface area contributed by atoms with Crippen LogP contribution in [0, 0.1) is 5.92 Å². The van der Waals surface area contributed by atoms with Gasteiger partial charge in [0.05, 0.1) is 5.39 Å². The highest BCUT2D eigenvalue weighted by atomic mass is 32.2. The van der Waals surface area contributed by atoms with Crippen LogP contribution >= 0.6 is 11.3 Å². The van der Waals surface area contributed by atoms with Crippen molar-refractivity contribution in [2.24, 2.45) is 11.1 Å². The zero-order valence-corrected chi connectivity index (χ0v) is 19.5. The van der Waals surface area contributed by atoms with Crippen molar-refractivity contribution in [1.82, 2.24) is 19.3 Å². The van der Waals surface area contributed by atoms with Crippen LogP contribution in [0.2, 0.25) is 0 Å². The van der Waals surface area contributed by atoms with Crippen LogP contribution in [0.1, 0.15) is 12.8 Å². The second-order valence-corrected chi connectivity index (χ2v) is 10.5. The molecule has 3 N–H and O–H groups in total. The van der Waals surface area contributed by atoms with Gasteiger partial charge in [-0.25, -0.2) is 15.1 Å². The van der Waals surface area contributed by atoms with Gasteiger partial charge >= 0.3 is 0 Å². The zero-order chi connectivity index (χ0) is 22.8. The Balaban J connectivity index is 1.47. The number of nitrogens with two attached hydrogens (primary N) is 1. The number of benzene rings is 1. The summed E-state index contributed by atoms with van der Waals surface area (Å²) in [4.78, 5) is 15.0. The van der Waals surface area contributed by atoms with Crippen molar-refractivity contribution in [3.05, 3.63) is 60.1 Å². The van der Waals surface area contributed by atoms with Crippen LogP contribution in [0.3, 0.4) is 0 Å². The Bertz CT molecular complexity index is 1350. The Morgan fingerprint density at radius 1 is 1.06 bits per heavy atom. The first-order chi connectivity index (χ1) is 16.0. The lowest BCUT2D eigenvalue weighted by Crippen LogP contribution is -2.43. The van der Waals surface area contributed by atoms with Crippen LogP contribution in [0.4, 0.5) is 5.82 Å². The van der Waals surface area contributed by atoms with Crippen LogP contribution in [0.15, 0.2) is 60.1 Å². The van der Waals surface area contributed by atoms with Crippen LogP contribution in [0.25, 0.3) is 32.9 Å². The molecule has 10 heteroatoms. The van der Waals surface area contributed by atoms with Gasteiger partial charge in [0.25, 0.3) is 10.2 Å². The molecule has 8 nitrogen and oxygen atoms in total. The summed E-state index contributed by atoms with van der Waals surface area (Å²) in [6, 6.07) is 15.9. The number of thiophene rings is 1. The molecule has 0 bridgehead atoms. The highest BCUT2D eigenvalue weighted by molar-refractivity contribution is 7.86. The fourth-order valence-corrected chi connectivity index (χ4v) is 5.79. The van der Waals surface area contributed by atoms with Crippen molar-refractivity contribution in [2.75, 3.05) is 25.0 Å². The first kappa shape index (κ1) is 21.9. The predicted molar refractivity (Wildman–Crippen MR) is 132 cm³/mol. The second kappa shape index (κ2) is 9.14. The quantitative estimate of drug-likeness (QED) is 0.434. The molecule has 1 fully saturated rings. The molecule has 0 spiro atoms. The number of hydrogen-bond donors (Lipinski definition) is 2. The number of fused-ring (bicyclic) bond motifs is 1. The maximum Gasteiger partial charge on any atom is 0.276 e. The number of anilines is 1. The Morgan fingerprint density at radius 3 is 2.52 bits per heavy atom. The average Bonchev–Trinajstić information content (AvgIpc) is 3.28. The number of aromatic nitrogens is 3. The van der Waals surface area contributed by atoms with Crippen LogP contribution < -0.4 is 10.5 Å². The van der Waals surface area contributed by atoms with Crippen molar-refractivity contribution in [3.63, 3.8) is 0 Å². The molecule has 0 aliphatic carbocycles. The third-order valence-electron chi connectivity index (χ3n) is 5.90. The van der Waals surface area contributed by atoms with Gasteiger partial charge in [0, 0.05) is 36.8 Å². The molecule has 33 heavy (non-hydrogen) atoms. The second-order valence-electron chi connectivity index (χ2n) is 8.07. The van der Waals surface area contributed by atoms with E-state index in [1.54, 1.807) is 17.5 Å². The van der Waals surface area contributed by atoms with Crippen LogP contribution in [-0.4, -0.2) is 47.3 Å². The summed E-state index contributed by atoms with van der Waals surface area (Å²) < 4.78 is 24.5. The molecule has 170 valence electrons. The summed E-state index contributed by atoms with van der Waals surface area (Å²) in [5.41, 5.74) is 2.93. The lowest BCUT2D eigenvalue weighted by atomic mass is 9.98. The molecule has 1 aromatic carbocycles. The molecule has 1 aliphatic rings. The molecule has 3 aromatic heterocycles. The zero-order valence-electron chi connectivity index (χ0n) is 17.9. The summed E-state index contributed by atoms with van der Waals surface area (Å²) in [6.07, 6.45) is 3.24. The van der Waals surface area contributed by atoms with E-state index in [4.69, 9.17) is 15.1 Å². The van der Waals surface area contributed by atoms with Crippen molar-refractivity contribution in [2.45, 2.75) is 12.8 Å². The SMILES string of the molecule is NS(=O)(=O)N1CCC(CNc2nc(-c3ccccn3)nc3scc(-c4ccccc4)c23)CC1. The van der Waals surface area contributed by atoms with E-state index in [0.717, 1.165) is 45.7 Å². The van der Waals surface area contributed by atoms with Gasteiger partial charge in [-0.3, -0.25) is 4.98 Å². The minimum atomic E-state index is -3.62. The van der Waals surface area contributed by atoms with Crippen molar-refractivity contribution < 1.29 is 8.42 Å². The topological polar surface area (TPSA) is 114 Å². The molecule has 0 saturated carbocycles. The Morgan fingerprint density at radius 2 is 1.82 bits per heavy atom. The van der Waals surface area contributed by atoms with Crippen molar-refractivity contribution in [3.8, 4) is 22.6 Å². The Labute approximate surface area is 196 Å².